The van der Waals surface area contributed by atoms with E-state index in [0.717, 1.165) is 25.7 Å². The van der Waals surface area contributed by atoms with Crippen LogP contribution < -0.4 is 0 Å². The van der Waals surface area contributed by atoms with Crippen LogP contribution in [0.4, 0.5) is 0 Å². The molecule has 1 aromatic heterocycles. The Balaban J connectivity index is 2.58. The van der Waals surface area contributed by atoms with E-state index in [9.17, 15) is 8.42 Å². The molecular formula is C14H19NO3S. The minimum atomic E-state index is -3.87. The zero-order chi connectivity index (χ0) is 14.1. The lowest BCUT2D eigenvalue weighted by Gasteiger charge is -2.11. The van der Waals surface area contributed by atoms with Crippen molar-refractivity contribution in [2.24, 2.45) is 0 Å². The summed E-state index contributed by atoms with van der Waals surface area (Å²) >= 11 is 0. The summed E-state index contributed by atoms with van der Waals surface area (Å²) in [5.74, 6) is 2.38. The lowest BCUT2D eigenvalue weighted by atomic mass is 10.1. The number of rotatable bonds is 8. The lowest BCUT2D eigenvalue weighted by molar-refractivity contribution is 0.247. The Bertz CT molecular complexity index is 505. The van der Waals surface area contributed by atoms with Crippen molar-refractivity contribution in [3.05, 3.63) is 24.4 Å². The van der Waals surface area contributed by atoms with Crippen molar-refractivity contribution < 1.29 is 12.6 Å². The average molecular weight is 281 g/mol. The molecule has 0 spiro atoms. The first-order valence-electron chi connectivity index (χ1n) is 6.40. The van der Waals surface area contributed by atoms with Crippen molar-refractivity contribution in [3.8, 4) is 12.3 Å². The highest BCUT2D eigenvalue weighted by Gasteiger charge is 2.21. The normalized spacial score (nSPS) is 12.8. The molecule has 0 amide bonds. The number of pyridine rings is 1. The summed E-state index contributed by atoms with van der Waals surface area (Å²) in [6.45, 7) is 2.11. The largest absolute Gasteiger partial charge is 0.315 e. The molecule has 1 aromatic rings. The van der Waals surface area contributed by atoms with E-state index in [1.165, 1.54) is 12.3 Å². The maximum Gasteiger partial charge on any atom is 0.315 e. The van der Waals surface area contributed by atoms with Gasteiger partial charge in [-0.05, 0) is 25.0 Å². The van der Waals surface area contributed by atoms with Gasteiger partial charge in [0.25, 0.3) is 0 Å². The van der Waals surface area contributed by atoms with E-state index in [4.69, 9.17) is 10.6 Å². The number of nitrogens with zero attached hydrogens (tertiary/aromatic N) is 1. The Morgan fingerprint density at radius 2 is 2.16 bits per heavy atom. The SMILES string of the molecule is C#CC(CCCCCC)OS(=O)(=O)c1ccccn1. The molecule has 19 heavy (non-hydrogen) atoms. The first kappa shape index (κ1) is 15.7. The third-order valence-electron chi connectivity index (χ3n) is 2.64. The second-order valence-corrected chi connectivity index (χ2v) is 5.74. The highest BCUT2D eigenvalue weighted by atomic mass is 32.2. The molecule has 0 saturated carbocycles. The van der Waals surface area contributed by atoms with Crippen LogP contribution in [0.3, 0.4) is 0 Å². The Labute approximate surface area is 115 Å². The average Bonchev–Trinajstić information content (AvgIpc) is 2.43. The topological polar surface area (TPSA) is 56.3 Å². The van der Waals surface area contributed by atoms with Gasteiger partial charge in [-0.1, -0.05) is 38.2 Å². The predicted octanol–water partition coefficient (Wildman–Crippen LogP) is 2.76. The molecule has 0 bridgehead atoms. The summed E-state index contributed by atoms with van der Waals surface area (Å²) in [4.78, 5) is 3.77. The molecular weight excluding hydrogens is 262 g/mol. The highest BCUT2D eigenvalue weighted by molar-refractivity contribution is 7.86. The van der Waals surface area contributed by atoms with Crippen LogP contribution in [0.1, 0.15) is 39.0 Å². The van der Waals surface area contributed by atoms with Gasteiger partial charge in [0.15, 0.2) is 5.03 Å². The summed E-state index contributed by atoms with van der Waals surface area (Å²) < 4.78 is 28.8. The Morgan fingerprint density at radius 1 is 1.37 bits per heavy atom. The highest BCUT2D eigenvalue weighted by Crippen LogP contribution is 2.15. The smallest absolute Gasteiger partial charge is 0.249 e. The monoisotopic (exact) mass is 281 g/mol. The first-order chi connectivity index (χ1) is 9.10. The molecule has 5 heteroatoms. The summed E-state index contributed by atoms with van der Waals surface area (Å²) in [6, 6.07) is 4.62. The van der Waals surface area contributed by atoms with Crippen LogP contribution >= 0.6 is 0 Å². The minimum absolute atomic E-state index is 0.108. The molecule has 4 nitrogen and oxygen atoms in total. The van der Waals surface area contributed by atoms with Gasteiger partial charge in [-0.2, -0.15) is 8.42 Å². The van der Waals surface area contributed by atoms with Gasteiger partial charge in [0.2, 0.25) is 0 Å². The van der Waals surface area contributed by atoms with E-state index in [0.29, 0.717) is 6.42 Å². The third-order valence-corrected chi connectivity index (χ3v) is 3.88. The molecule has 0 fully saturated rings. The quantitative estimate of drug-likeness (QED) is 0.418. The molecule has 0 aliphatic carbocycles. The number of unbranched alkanes of at least 4 members (excludes halogenated alkanes) is 3. The second kappa shape index (κ2) is 7.93. The Morgan fingerprint density at radius 3 is 2.74 bits per heavy atom. The molecule has 1 rings (SSSR count). The Kier molecular flexibility index (Phi) is 6.54. The van der Waals surface area contributed by atoms with Gasteiger partial charge < -0.3 is 0 Å². The molecule has 1 atom stereocenters. The zero-order valence-corrected chi connectivity index (χ0v) is 11.9. The summed E-state index contributed by atoms with van der Waals surface area (Å²) in [5, 5.41) is -0.108. The summed E-state index contributed by atoms with van der Waals surface area (Å²) in [7, 11) is -3.87. The van der Waals surface area contributed by atoms with E-state index in [-0.39, 0.29) is 5.03 Å². The van der Waals surface area contributed by atoms with Gasteiger partial charge in [-0.15, -0.1) is 6.42 Å². The minimum Gasteiger partial charge on any atom is -0.249 e. The van der Waals surface area contributed by atoms with Crippen molar-refractivity contribution in [2.75, 3.05) is 0 Å². The van der Waals surface area contributed by atoms with Gasteiger partial charge in [0.05, 0.1) is 0 Å². The first-order valence-corrected chi connectivity index (χ1v) is 7.81. The van der Waals surface area contributed by atoms with Crippen LogP contribution in [0.25, 0.3) is 0 Å². The van der Waals surface area contributed by atoms with E-state index in [1.54, 1.807) is 12.1 Å². The third kappa shape index (κ3) is 5.41. The summed E-state index contributed by atoms with van der Waals surface area (Å²) in [6.07, 6.45) is 10.7. The molecule has 0 saturated heterocycles. The zero-order valence-electron chi connectivity index (χ0n) is 11.1. The number of hydrogen-bond acceptors (Lipinski definition) is 4. The molecule has 1 heterocycles. The fourth-order valence-electron chi connectivity index (χ4n) is 1.61. The fraction of sp³-hybridized carbons (Fsp3) is 0.500. The number of hydrogen-bond donors (Lipinski definition) is 0. The summed E-state index contributed by atoms with van der Waals surface area (Å²) in [5.41, 5.74) is 0. The van der Waals surface area contributed by atoms with E-state index >= 15 is 0 Å². The predicted molar refractivity (Wildman–Crippen MR) is 73.9 cm³/mol. The van der Waals surface area contributed by atoms with Gasteiger partial charge in [-0.3, -0.25) is 0 Å². The van der Waals surface area contributed by atoms with Crippen LogP contribution in [0, 0.1) is 12.3 Å². The van der Waals surface area contributed by atoms with E-state index in [2.05, 4.69) is 17.8 Å². The maximum absolute atomic E-state index is 11.9. The van der Waals surface area contributed by atoms with Crippen LogP contribution in [0.2, 0.25) is 0 Å². The van der Waals surface area contributed by atoms with Crippen molar-refractivity contribution in [1.29, 1.82) is 0 Å². The van der Waals surface area contributed by atoms with E-state index in [1.807, 2.05) is 0 Å². The molecule has 104 valence electrons. The van der Waals surface area contributed by atoms with Gasteiger partial charge in [-0.25, -0.2) is 9.17 Å². The van der Waals surface area contributed by atoms with Crippen LogP contribution in [0.5, 0.6) is 0 Å². The molecule has 0 aliphatic rings. The Hall–Kier alpha value is -1.38. The molecule has 0 radical (unpaired) electrons. The molecule has 0 N–H and O–H groups in total. The lowest BCUT2D eigenvalue weighted by Crippen LogP contribution is -2.18. The molecule has 0 aromatic carbocycles. The van der Waals surface area contributed by atoms with Gasteiger partial charge >= 0.3 is 10.1 Å². The van der Waals surface area contributed by atoms with Crippen LogP contribution in [-0.4, -0.2) is 19.5 Å². The number of aromatic nitrogens is 1. The second-order valence-electron chi connectivity index (χ2n) is 4.22. The van der Waals surface area contributed by atoms with Crippen LogP contribution in [0.15, 0.2) is 29.4 Å². The fourth-order valence-corrected chi connectivity index (χ4v) is 2.60. The maximum atomic E-state index is 11.9. The van der Waals surface area contributed by atoms with E-state index < -0.39 is 16.2 Å². The van der Waals surface area contributed by atoms with Crippen molar-refractivity contribution in [2.45, 2.75) is 50.2 Å². The standard InChI is InChI=1S/C14H19NO3S/c1-3-5-6-7-10-13(4-2)18-19(16,17)14-11-8-9-12-15-14/h2,8-9,11-13H,3,5-7,10H2,1H3. The van der Waals surface area contributed by atoms with Crippen molar-refractivity contribution >= 4 is 10.1 Å². The molecule has 1 unspecified atom stereocenters. The van der Waals surface area contributed by atoms with Crippen molar-refractivity contribution in [3.63, 3.8) is 0 Å². The molecule has 0 aliphatic heterocycles. The van der Waals surface area contributed by atoms with Gasteiger partial charge in [0, 0.05) is 6.20 Å². The van der Waals surface area contributed by atoms with Gasteiger partial charge in [0.1, 0.15) is 6.10 Å². The van der Waals surface area contributed by atoms with Crippen LogP contribution in [-0.2, 0) is 14.3 Å². The number of terminal acetylenes is 1. The van der Waals surface area contributed by atoms with Crippen molar-refractivity contribution in [1.82, 2.24) is 4.98 Å².